The second kappa shape index (κ2) is 6.20. The van der Waals surface area contributed by atoms with E-state index >= 15 is 0 Å². The highest BCUT2D eigenvalue weighted by atomic mass is 35.5. The minimum Gasteiger partial charge on any atom is -0.338 e. The summed E-state index contributed by atoms with van der Waals surface area (Å²) < 4.78 is 0. The van der Waals surface area contributed by atoms with Gasteiger partial charge in [-0.05, 0) is 43.5 Å². The van der Waals surface area contributed by atoms with Crippen molar-refractivity contribution in [2.24, 2.45) is 0 Å². The Hall–Kier alpha value is -2.07. The molecule has 1 aromatic heterocycles. The summed E-state index contributed by atoms with van der Waals surface area (Å²) in [5.41, 5.74) is 2.67. The van der Waals surface area contributed by atoms with Gasteiger partial charge in [0.2, 0.25) is 0 Å². The molecule has 1 amide bonds. The van der Waals surface area contributed by atoms with E-state index in [0.29, 0.717) is 13.1 Å². The summed E-state index contributed by atoms with van der Waals surface area (Å²) in [6, 6.07) is 9.41. The second-order valence-electron chi connectivity index (χ2n) is 6.08. The van der Waals surface area contributed by atoms with Crippen LogP contribution in [0, 0.1) is 13.8 Å². The number of rotatable bonds is 2. The van der Waals surface area contributed by atoms with Gasteiger partial charge in [0, 0.05) is 29.7 Å². The van der Waals surface area contributed by atoms with Gasteiger partial charge >= 0.3 is 0 Å². The Bertz CT molecular complexity index is 813. The summed E-state index contributed by atoms with van der Waals surface area (Å²) in [4.78, 5) is 29.2. The number of benzene rings is 1. The van der Waals surface area contributed by atoms with Crippen molar-refractivity contribution in [2.45, 2.75) is 26.2 Å². The summed E-state index contributed by atoms with van der Waals surface area (Å²) in [6.07, 6.45) is 0.859. The third kappa shape index (κ3) is 3.04. The molecule has 0 aliphatic carbocycles. The van der Waals surface area contributed by atoms with Gasteiger partial charge in [-0.25, -0.2) is 0 Å². The average molecular weight is 331 g/mol. The standard InChI is InChI=1S/C18H19ClN2O2/c1-11-9-15(17(22)20-12(11)2)18(23)21-8-7-13(10-21)14-5-3-4-6-16(14)19/h3-6,9,13H,7-8,10H2,1-2H3,(H,20,22). The van der Waals surface area contributed by atoms with E-state index in [1.54, 1.807) is 11.0 Å². The fraction of sp³-hybridized carbons (Fsp3) is 0.333. The molecule has 1 N–H and O–H groups in total. The summed E-state index contributed by atoms with van der Waals surface area (Å²) in [6.45, 7) is 4.95. The van der Waals surface area contributed by atoms with E-state index in [2.05, 4.69) is 4.98 Å². The maximum Gasteiger partial charge on any atom is 0.261 e. The lowest BCUT2D eigenvalue weighted by molar-refractivity contribution is 0.0789. The van der Waals surface area contributed by atoms with Gasteiger partial charge in [-0.1, -0.05) is 29.8 Å². The van der Waals surface area contributed by atoms with Gasteiger partial charge in [-0.2, -0.15) is 0 Å². The fourth-order valence-electron chi connectivity index (χ4n) is 3.06. The van der Waals surface area contributed by atoms with Crippen LogP contribution in [0.15, 0.2) is 35.1 Å². The number of aryl methyl sites for hydroxylation is 2. The van der Waals surface area contributed by atoms with Crippen molar-refractivity contribution in [3.05, 3.63) is 68.1 Å². The summed E-state index contributed by atoms with van der Waals surface area (Å²) in [5, 5.41) is 0.732. The van der Waals surface area contributed by atoms with Gasteiger partial charge in [0.05, 0.1) is 0 Å². The van der Waals surface area contributed by atoms with Gasteiger partial charge in [0.25, 0.3) is 11.5 Å². The zero-order valence-electron chi connectivity index (χ0n) is 13.2. The third-order valence-corrected chi connectivity index (χ3v) is 4.89. The Morgan fingerprint density at radius 1 is 1.30 bits per heavy atom. The molecule has 0 saturated carbocycles. The second-order valence-corrected chi connectivity index (χ2v) is 6.49. The van der Waals surface area contributed by atoms with Gasteiger partial charge in [0.1, 0.15) is 5.56 Å². The number of hydrogen-bond acceptors (Lipinski definition) is 2. The molecule has 5 heteroatoms. The molecular formula is C18H19ClN2O2. The number of amides is 1. The predicted octanol–water partition coefficient (Wildman–Crippen LogP) is 3.27. The number of likely N-dealkylation sites (tertiary alicyclic amines) is 1. The maximum atomic E-state index is 12.7. The molecule has 0 radical (unpaired) electrons. The van der Waals surface area contributed by atoms with Gasteiger partial charge in [-0.3, -0.25) is 9.59 Å². The van der Waals surface area contributed by atoms with Crippen LogP contribution in [0.1, 0.15) is 39.5 Å². The number of H-pyrrole nitrogens is 1. The van der Waals surface area contributed by atoms with E-state index in [4.69, 9.17) is 11.6 Å². The van der Waals surface area contributed by atoms with E-state index in [9.17, 15) is 9.59 Å². The number of hydrogen-bond donors (Lipinski definition) is 1. The number of carbonyl (C=O) groups is 1. The van der Waals surface area contributed by atoms with Crippen LogP contribution in [0.2, 0.25) is 5.02 Å². The van der Waals surface area contributed by atoms with Crippen LogP contribution in [0.5, 0.6) is 0 Å². The first-order chi connectivity index (χ1) is 11.0. The number of nitrogens with one attached hydrogen (secondary N) is 1. The molecule has 1 saturated heterocycles. The highest BCUT2D eigenvalue weighted by molar-refractivity contribution is 6.31. The molecule has 1 fully saturated rings. The Kier molecular flexibility index (Phi) is 4.26. The maximum absolute atomic E-state index is 12.7. The smallest absolute Gasteiger partial charge is 0.261 e. The number of nitrogens with zero attached hydrogens (tertiary/aromatic N) is 1. The molecule has 1 atom stereocenters. The van der Waals surface area contributed by atoms with Crippen LogP contribution in [0.4, 0.5) is 0 Å². The molecule has 0 bridgehead atoms. The molecule has 4 nitrogen and oxygen atoms in total. The van der Waals surface area contributed by atoms with Crippen LogP contribution in [0.3, 0.4) is 0 Å². The number of aromatic nitrogens is 1. The highest BCUT2D eigenvalue weighted by Crippen LogP contribution is 2.32. The zero-order chi connectivity index (χ0) is 16.6. The highest BCUT2D eigenvalue weighted by Gasteiger charge is 2.30. The molecule has 1 aliphatic heterocycles. The molecule has 1 aliphatic rings. The van der Waals surface area contributed by atoms with Gasteiger partial charge < -0.3 is 9.88 Å². The molecule has 2 heterocycles. The summed E-state index contributed by atoms with van der Waals surface area (Å²) >= 11 is 6.25. The fourth-order valence-corrected chi connectivity index (χ4v) is 3.35. The lowest BCUT2D eigenvalue weighted by atomic mass is 9.98. The van der Waals surface area contributed by atoms with E-state index in [1.165, 1.54) is 0 Å². The first kappa shape index (κ1) is 15.8. The zero-order valence-corrected chi connectivity index (χ0v) is 14.0. The Labute approximate surface area is 140 Å². The molecule has 1 unspecified atom stereocenters. The van der Waals surface area contributed by atoms with Crippen molar-refractivity contribution in [3.8, 4) is 0 Å². The van der Waals surface area contributed by atoms with E-state index in [-0.39, 0.29) is 22.9 Å². The van der Waals surface area contributed by atoms with Crippen molar-refractivity contribution in [1.82, 2.24) is 9.88 Å². The van der Waals surface area contributed by atoms with Crippen molar-refractivity contribution in [3.63, 3.8) is 0 Å². The first-order valence-corrected chi connectivity index (χ1v) is 8.09. The molecule has 23 heavy (non-hydrogen) atoms. The quantitative estimate of drug-likeness (QED) is 0.918. The number of aromatic amines is 1. The largest absolute Gasteiger partial charge is 0.338 e. The number of halogens is 1. The van der Waals surface area contributed by atoms with Crippen LogP contribution < -0.4 is 5.56 Å². The molecule has 3 rings (SSSR count). The Balaban J connectivity index is 1.82. The van der Waals surface area contributed by atoms with Crippen molar-refractivity contribution in [1.29, 1.82) is 0 Å². The van der Waals surface area contributed by atoms with E-state index in [1.807, 2.05) is 38.1 Å². The first-order valence-electron chi connectivity index (χ1n) is 7.71. The molecular weight excluding hydrogens is 312 g/mol. The van der Waals surface area contributed by atoms with E-state index in [0.717, 1.165) is 28.3 Å². The molecule has 1 aromatic carbocycles. The summed E-state index contributed by atoms with van der Waals surface area (Å²) in [7, 11) is 0. The third-order valence-electron chi connectivity index (χ3n) is 4.55. The number of carbonyl (C=O) groups excluding carboxylic acids is 1. The Morgan fingerprint density at radius 3 is 2.78 bits per heavy atom. The minimum atomic E-state index is -0.320. The van der Waals surface area contributed by atoms with Crippen LogP contribution in [-0.2, 0) is 0 Å². The van der Waals surface area contributed by atoms with Crippen molar-refractivity contribution in [2.75, 3.05) is 13.1 Å². The molecule has 0 spiro atoms. The number of pyridine rings is 1. The molecule has 120 valence electrons. The van der Waals surface area contributed by atoms with Crippen molar-refractivity contribution >= 4 is 17.5 Å². The van der Waals surface area contributed by atoms with Crippen LogP contribution in [-0.4, -0.2) is 28.9 Å². The van der Waals surface area contributed by atoms with Gasteiger partial charge in [-0.15, -0.1) is 0 Å². The molecule has 2 aromatic rings. The van der Waals surface area contributed by atoms with Crippen LogP contribution >= 0.6 is 11.6 Å². The SMILES string of the molecule is Cc1cc(C(=O)N2CCC(c3ccccc3Cl)C2)c(=O)[nH]c1C. The summed E-state index contributed by atoms with van der Waals surface area (Å²) in [5.74, 6) is 0.0159. The predicted molar refractivity (Wildman–Crippen MR) is 91.3 cm³/mol. The van der Waals surface area contributed by atoms with Crippen molar-refractivity contribution < 1.29 is 4.79 Å². The Morgan fingerprint density at radius 2 is 2.04 bits per heavy atom. The lowest BCUT2D eigenvalue weighted by Crippen LogP contribution is -2.33. The minimum absolute atomic E-state index is 0.205. The normalized spacial score (nSPS) is 17.5. The van der Waals surface area contributed by atoms with E-state index < -0.39 is 0 Å². The van der Waals surface area contributed by atoms with Gasteiger partial charge in [0.15, 0.2) is 0 Å². The van der Waals surface area contributed by atoms with Crippen LogP contribution in [0.25, 0.3) is 0 Å². The monoisotopic (exact) mass is 330 g/mol. The average Bonchev–Trinajstić information content (AvgIpc) is 3.00. The topological polar surface area (TPSA) is 53.2 Å². The lowest BCUT2D eigenvalue weighted by Gasteiger charge is -2.17.